The lowest BCUT2D eigenvalue weighted by atomic mass is 9.43. The van der Waals surface area contributed by atoms with Crippen molar-refractivity contribution < 1.29 is 4.42 Å². The van der Waals surface area contributed by atoms with Gasteiger partial charge in [0, 0.05) is 29.6 Å². The van der Waals surface area contributed by atoms with Crippen molar-refractivity contribution >= 4 is 43.9 Å². The smallest absolute Gasteiger partial charge is 0.245 e. The van der Waals surface area contributed by atoms with Crippen LogP contribution in [0.2, 0.25) is 0 Å². The summed E-state index contributed by atoms with van der Waals surface area (Å²) in [4.78, 5) is 0. The van der Waals surface area contributed by atoms with Gasteiger partial charge < -0.3 is 15.1 Å². The molecule has 1 aliphatic carbocycles. The summed E-state index contributed by atoms with van der Waals surface area (Å²) in [7, 11) is 0. The Labute approximate surface area is 313 Å². The molecule has 270 valence electrons. The van der Waals surface area contributed by atoms with E-state index in [1.54, 1.807) is 0 Å². The van der Waals surface area contributed by atoms with Crippen molar-refractivity contribution in [3.05, 3.63) is 127 Å². The highest BCUT2D eigenvalue weighted by Gasteiger charge is 2.37. The number of para-hydroxylation sites is 1. The Morgan fingerprint density at radius 1 is 0.980 bits per heavy atom. The number of hydrogen-bond donors (Lipinski definition) is 2. The van der Waals surface area contributed by atoms with Gasteiger partial charge in [-0.1, -0.05) is 109 Å². The predicted octanol–water partition coefficient (Wildman–Crippen LogP) is 11.7. The Hall–Kier alpha value is -3.70. The quantitative estimate of drug-likeness (QED) is 0.0581. The minimum atomic E-state index is 0.144. The Bertz CT molecular complexity index is 1770. The van der Waals surface area contributed by atoms with Gasteiger partial charge in [-0.05, 0) is 112 Å². The third-order valence-corrected chi connectivity index (χ3v) is 12.3. The Morgan fingerprint density at radius 3 is 2.47 bits per heavy atom. The molecule has 0 saturated heterocycles. The lowest BCUT2D eigenvalue weighted by Crippen LogP contribution is -2.34. The second-order valence-corrected chi connectivity index (χ2v) is 17.1. The summed E-state index contributed by atoms with van der Waals surface area (Å²) in [6.07, 6.45) is 22.1. The molecule has 0 fully saturated rings. The van der Waals surface area contributed by atoms with Crippen molar-refractivity contribution in [2.45, 2.75) is 104 Å². The van der Waals surface area contributed by atoms with Gasteiger partial charge in [0.05, 0.1) is 0 Å². The SMILES string of the molecule is C=CCN/C=C(/CN/C=C/CCc1cc2ccccc2o1)B(/C=C/CC(C=C)C(C)CCCC)c1cc2cc3c(cc2s1)C(C)(C)CCC3(C)C. The fourth-order valence-corrected chi connectivity index (χ4v) is 8.81. The molecule has 5 rings (SSSR count). The molecule has 2 atom stereocenters. The van der Waals surface area contributed by atoms with Crippen molar-refractivity contribution in [2.24, 2.45) is 11.8 Å². The minimum absolute atomic E-state index is 0.144. The average Bonchev–Trinajstić information content (AvgIpc) is 3.73. The van der Waals surface area contributed by atoms with Crippen LogP contribution in [-0.2, 0) is 17.3 Å². The van der Waals surface area contributed by atoms with Crippen LogP contribution < -0.4 is 15.4 Å². The molecule has 5 heteroatoms. The third kappa shape index (κ3) is 9.80. The van der Waals surface area contributed by atoms with Crippen LogP contribution in [0.25, 0.3) is 21.1 Å². The molecule has 1 aliphatic rings. The fourth-order valence-electron chi connectivity index (χ4n) is 7.60. The molecule has 0 bridgehead atoms. The standard InChI is InChI=1S/C46H61BN2OS/c1-9-12-18-34(4)35(11-3)20-17-25-47(44-30-37-29-40-41(31-43(37)51-44)46(7,8)24-23-45(40,5)6)38(32-48-26-10-2)33-49-27-16-15-21-39-28-36-19-13-14-22-42(36)50-39/h10-11,13-14,16-17,19,22,25,27-32,34-35,48-49H,2-3,9,12,15,18,20-21,23-24,26,33H2,1,4-8H3/b25-17+,27-16+,38-32-. The zero-order valence-electron chi connectivity index (χ0n) is 32.2. The summed E-state index contributed by atoms with van der Waals surface area (Å²) in [6.45, 7) is 24.2. The topological polar surface area (TPSA) is 37.2 Å². The molecule has 0 amide bonds. The van der Waals surface area contributed by atoms with E-state index in [1.165, 1.54) is 69.0 Å². The van der Waals surface area contributed by atoms with E-state index >= 15 is 0 Å². The van der Waals surface area contributed by atoms with Crippen LogP contribution >= 0.6 is 11.3 Å². The van der Waals surface area contributed by atoms with E-state index < -0.39 is 0 Å². The van der Waals surface area contributed by atoms with E-state index in [0.29, 0.717) is 11.8 Å². The number of allylic oxidation sites excluding steroid dienone is 3. The lowest BCUT2D eigenvalue weighted by Gasteiger charge is -2.41. The van der Waals surface area contributed by atoms with E-state index in [2.05, 4.69) is 138 Å². The first kappa shape index (κ1) is 38.5. The molecule has 2 heterocycles. The van der Waals surface area contributed by atoms with Gasteiger partial charge in [0.2, 0.25) is 6.71 Å². The molecule has 2 unspecified atom stereocenters. The number of unbranched alkanes of at least 4 members (excludes halogenated alkanes) is 1. The average molecular weight is 701 g/mol. The van der Waals surface area contributed by atoms with E-state index in [9.17, 15) is 0 Å². The first-order valence-electron chi connectivity index (χ1n) is 19.3. The predicted molar refractivity (Wildman–Crippen MR) is 227 cm³/mol. The molecular weight excluding hydrogens is 639 g/mol. The number of aryl methyl sites for hydroxylation is 1. The summed E-state index contributed by atoms with van der Waals surface area (Å²) in [6, 6.07) is 17.9. The molecule has 0 aliphatic heterocycles. The highest BCUT2D eigenvalue weighted by Crippen LogP contribution is 2.47. The largest absolute Gasteiger partial charge is 0.461 e. The molecule has 0 radical (unpaired) electrons. The van der Waals surface area contributed by atoms with Crippen LogP contribution in [0.4, 0.5) is 0 Å². The van der Waals surface area contributed by atoms with E-state index in [1.807, 2.05) is 29.5 Å². The maximum Gasteiger partial charge on any atom is 0.245 e. The van der Waals surface area contributed by atoms with Crippen LogP contribution in [-0.4, -0.2) is 19.8 Å². The number of furan rings is 1. The number of benzene rings is 2. The second kappa shape index (κ2) is 17.7. The molecule has 2 aromatic carbocycles. The zero-order chi connectivity index (χ0) is 36.4. The van der Waals surface area contributed by atoms with Crippen molar-refractivity contribution in [1.29, 1.82) is 0 Å². The third-order valence-electron chi connectivity index (χ3n) is 11.1. The first-order valence-corrected chi connectivity index (χ1v) is 20.1. The van der Waals surface area contributed by atoms with Crippen molar-refractivity contribution in [1.82, 2.24) is 10.6 Å². The van der Waals surface area contributed by atoms with Gasteiger partial charge in [0.1, 0.15) is 11.3 Å². The molecule has 2 aromatic heterocycles. The normalized spacial score (nSPS) is 16.8. The van der Waals surface area contributed by atoms with Gasteiger partial charge in [-0.2, -0.15) is 0 Å². The van der Waals surface area contributed by atoms with Gasteiger partial charge in [-0.15, -0.1) is 30.5 Å². The van der Waals surface area contributed by atoms with Gasteiger partial charge in [-0.3, -0.25) is 0 Å². The van der Waals surface area contributed by atoms with Crippen molar-refractivity contribution in [3.63, 3.8) is 0 Å². The van der Waals surface area contributed by atoms with Crippen molar-refractivity contribution in [2.75, 3.05) is 13.1 Å². The van der Waals surface area contributed by atoms with Gasteiger partial charge >= 0.3 is 0 Å². The molecule has 3 nitrogen and oxygen atoms in total. The Balaban J connectivity index is 1.41. The molecule has 0 saturated carbocycles. The highest BCUT2D eigenvalue weighted by atomic mass is 32.1. The summed E-state index contributed by atoms with van der Waals surface area (Å²) < 4.78 is 8.81. The van der Waals surface area contributed by atoms with Crippen LogP contribution in [0.15, 0.2) is 114 Å². The zero-order valence-corrected chi connectivity index (χ0v) is 33.0. The maximum atomic E-state index is 6.03. The minimum Gasteiger partial charge on any atom is -0.461 e. The van der Waals surface area contributed by atoms with Gasteiger partial charge in [0.15, 0.2) is 0 Å². The van der Waals surface area contributed by atoms with Crippen molar-refractivity contribution in [3.8, 4) is 0 Å². The highest BCUT2D eigenvalue weighted by molar-refractivity contribution is 7.30. The summed E-state index contributed by atoms with van der Waals surface area (Å²) in [5.41, 5.74) is 5.70. The number of nitrogens with one attached hydrogen (secondary N) is 2. The molecular formula is C46H61BN2OS. The fraction of sp³-hybridized carbons (Fsp3) is 0.435. The van der Waals surface area contributed by atoms with Crippen LogP contribution in [0, 0.1) is 11.8 Å². The summed E-state index contributed by atoms with van der Waals surface area (Å²) in [5, 5.41) is 9.69. The summed E-state index contributed by atoms with van der Waals surface area (Å²) in [5.74, 6) is 4.59. The molecule has 4 aromatic rings. The Morgan fingerprint density at radius 2 is 1.75 bits per heavy atom. The molecule has 51 heavy (non-hydrogen) atoms. The number of rotatable bonds is 19. The van der Waals surface area contributed by atoms with Crippen LogP contribution in [0.3, 0.4) is 0 Å². The van der Waals surface area contributed by atoms with Crippen LogP contribution in [0.1, 0.15) is 103 Å². The van der Waals surface area contributed by atoms with Gasteiger partial charge in [-0.25, -0.2) is 0 Å². The first-order chi connectivity index (χ1) is 24.6. The van der Waals surface area contributed by atoms with Crippen LogP contribution in [0.5, 0.6) is 0 Å². The second-order valence-electron chi connectivity index (χ2n) is 16.0. The molecule has 2 N–H and O–H groups in total. The lowest BCUT2D eigenvalue weighted by molar-refractivity contribution is 0.332. The number of hydrogen-bond acceptors (Lipinski definition) is 4. The molecule has 0 spiro atoms. The number of fused-ring (bicyclic) bond motifs is 3. The number of thiophene rings is 1. The van der Waals surface area contributed by atoms with E-state index in [4.69, 9.17) is 4.42 Å². The Kier molecular flexibility index (Phi) is 13.4. The summed E-state index contributed by atoms with van der Waals surface area (Å²) >= 11 is 1.96. The van der Waals surface area contributed by atoms with Gasteiger partial charge in [0.25, 0.3) is 0 Å². The monoisotopic (exact) mass is 700 g/mol. The van der Waals surface area contributed by atoms with E-state index in [-0.39, 0.29) is 17.5 Å². The maximum absolute atomic E-state index is 6.03. The van der Waals surface area contributed by atoms with E-state index in [0.717, 1.165) is 43.7 Å².